The maximum absolute atomic E-state index is 6.43. The molecule has 1 saturated heterocycles. The maximum atomic E-state index is 6.43. The van der Waals surface area contributed by atoms with Crippen molar-refractivity contribution in [1.29, 1.82) is 0 Å². The van der Waals surface area contributed by atoms with E-state index in [-0.39, 0.29) is 12.1 Å². The Balaban J connectivity index is 2.05. The van der Waals surface area contributed by atoms with Crippen molar-refractivity contribution in [2.45, 2.75) is 19.1 Å². The molecule has 1 fully saturated rings. The minimum Gasteiger partial charge on any atom is -0.491 e. The van der Waals surface area contributed by atoms with Crippen LogP contribution in [0.25, 0.3) is 0 Å². The van der Waals surface area contributed by atoms with Gasteiger partial charge in [-0.05, 0) is 12.6 Å². The van der Waals surface area contributed by atoms with Crippen LogP contribution in [-0.4, -0.2) is 57.6 Å². The highest BCUT2D eigenvalue weighted by molar-refractivity contribution is 5.36. The number of rotatable bonds is 7. The Bertz CT molecular complexity index is 428. The zero-order valence-electron chi connectivity index (χ0n) is 13.0. The van der Waals surface area contributed by atoms with E-state index >= 15 is 0 Å². The van der Waals surface area contributed by atoms with E-state index in [1.807, 2.05) is 24.3 Å². The average molecular weight is 294 g/mol. The van der Waals surface area contributed by atoms with Crippen LogP contribution in [0.5, 0.6) is 5.75 Å². The molecule has 1 aliphatic rings. The summed E-state index contributed by atoms with van der Waals surface area (Å²) in [6.07, 6.45) is 0.00544. The van der Waals surface area contributed by atoms with Crippen LogP contribution in [0.3, 0.4) is 0 Å². The second-order valence-corrected chi connectivity index (χ2v) is 5.21. The fourth-order valence-corrected chi connectivity index (χ4v) is 2.56. The van der Waals surface area contributed by atoms with E-state index in [1.165, 1.54) is 0 Å². The first-order valence-corrected chi connectivity index (χ1v) is 7.56. The fraction of sp³-hybridized carbons (Fsp3) is 0.625. The number of hydrogen-bond donors (Lipinski definition) is 1. The van der Waals surface area contributed by atoms with Crippen molar-refractivity contribution in [3.05, 3.63) is 29.8 Å². The molecule has 0 saturated carbocycles. The molecule has 2 atom stereocenters. The summed E-state index contributed by atoms with van der Waals surface area (Å²) in [5.74, 6) is 0.819. The van der Waals surface area contributed by atoms with Crippen molar-refractivity contribution in [1.82, 2.24) is 4.90 Å². The number of methoxy groups -OCH3 is 1. The first kappa shape index (κ1) is 16.2. The number of hydrogen-bond acceptors (Lipinski definition) is 5. The van der Waals surface area contributed by atoms with E-state index in [0.29, 0.717) is 13.2 Å². The minimum absolute atomic E-state index is 0.00544. The van der Waals surface area contributed by atoms with Crippen molar-refractivity contribution in [2.24, 2.45) is 5.73 Å². The lowest BCUT2D eigenvalue weighted by atomic mass is 10.00. The summed E-state index contributed by atoms with van der Waals surface area (Å²) in [6.45, 7) is 6.85. The summed E-state index contributed by atoms with van der Waals surface area (Å²) >= 11 is 0. The molecule has 1 heterocycles. The van der Waals surface area contributed by atoms with Gasteiger partial charge in [0.1, 0.15) is 12.4 Å². The Hall–Kier alpha value is -1.14. The summed E-state index contributed by atoms with van der Waals surface area (Å²) in [4.78, 5) is 2.36. The molecule has 0 amide bonds. The molecule has 2 N–H and O–H groups in total. The quantitative estimate of drug-likeness (QED) is 0.771. The highest BCUT2D eigenvalue weighted by Gasteiger charge is 2.27. The van der Waals surface area contributed by atoms with Crippen LogP contribution in [0.15, 0.2) is 24.3 Å². The first-order valence-electron chi connectivity index (χ1n) is 7.56. The Kier molecular flexibility index (Phi) is 6.45. The Morgan fingerprint density at radius 2 is 2.19 bits per heavy atom. The third-order valence-corrected chi connectivity index (χ3v) is 3.85. The van der Waals surface area contributed by atoms with E-state index in [9.17, 15) is 0 Å². The van der Waals surface area contributed by atoms with Crippen molar-refractivity contribution in [2.75, 3.05) is 46.6 Å². The van der Waals surface area contributed by atoms with Crippen LogP contribution in [0.1, 0.15) is 18.5 Å². The number of nitrogens with two attached hydrogens (primary N) is 1. The molecule has 0 spiro atoms. The van der Waals surface area contributed by atoms with Crippen LogP contribution >= 0.6 is 0 Å². The predicted octanol–water partition coefficient (Wildman–Crippen LogP) is 1.43. The van der Waals surface area contributed by atoms with E-state index in [4.69, 9.17) is 19.9 Å². The molecule has 5 nitrogen and oxygen atoms in total. The standard InChI is InChI=1S/C16H26N2O3/c1-3-18-8-9-20-15(12-18)16(17)13-6-4-5-7-14(13)21-11-10-19-2/h4-7,15-16H,3,8-12,17H2,1-2H3. The third-order valence-electron chi connectivity index (χ3n) is 3.85. The number of likely N-dealkylation sites (N-methyl/N-ethyl adjacent to an activating group) is 1. The van der Waals surface area contributed by atoms with Crippen molar-refractivity contribution >= 4 is 0 Å². The number of benzene rings is 1. The van der Waals surface area contributed by atoms with E-state index < -0.39 is 0 Å². The molecule has 0 aliphatic carbocycles. The normalized spacial score (nSPS) is 21.2. The average Bonchev–Trinajstić information content (AvgIpc) is 2.55. The van der Waals surface area contributed by atoms with Gasteiger partial charge in [-0.2, -0.15) is 0 Å². The largest absolute Gasteiger partial charge is 0.491 e. The molecule has 21 heavy (non-hydrogen) atoms. The monoisotopic (exact) mass is 294 g/mol. The second kappa shape index (κ2) is 8.34. The van der Waals surface area contributed by atoms with Crippen LogP contribution < -0.4 is 10.5 Å². The molecule has 118 valence electrons. The van der Waals surface area contributed by atoms with Crippen LogP contribution in [-0.2, 0) is 9.47 Å². The molecule has 1 aromatic carbocycles. The molecule has 0 radical (unpaired) electrons. The van der Waals surface area contributed by atoms with Gasteiger partial charge in [-0.1, -0.05) is 25.1 Å². The molecule has 0 aromatic heterocycles. The summed E-state index contributed by atoms with van der Waals surface area (Å²) < 4.78 is 16.6. The predicted molar refractivity (Wildman–Crippen MR) is 82.6 cm³/mol. The van der Waals surface area contributed by atoms with Crippen LogP contribution in [0.4, 0.5) is 0 Å². The third kappa shape index (κ3) is 4.41. The Morgan fingerprint density at radius 3 is 2.95 bits per heavy atom. The van der Waals surface area contributed by atoms with Gasteiger partial charge in [-0.15, -0.1) is 0 Å². The number of ether oxygens (including phenoxy) is 3. The van der Waals surface area contributed by atoms with Crippen molar-refractivity contribution in [3.8, 4) is 5.75 Å². The topological polar surface area (TPSA) is 57.0 Å². The zero-order valence-corrected chi connectivity index (χ0v) is 13.0. The van der Waals surface area contributed by atoms with Crippen molar-refractivity contribution in [3.63, 3.8) is 0 Å². The molecule has 0 bridgehead atoms. The van der Waals surface area contributed by atoms with Gasteiger partial charge in [0.25, 0.3) is 0 Å². The molecule has 1 aliphatic heterocycles. The molecular formula is C16H26N2O3. The number of para-hydroxylation sites is 1. The summed E-state index contributed by atoms with van der Waals surface area (Å²) in [5.41, 5.74) is 7.43. The zero-order chi connectivity index (χ0) is 15.1. The second-order valence-electron chi connectivity index (χ2n) is 5.21. The smallest absolute Gasteiger partial charge is 0.124 e. The highest BCUT2D eigenvalue weighted by Crippen LogP contribution is 2.28. The molecule has 5 heteroatoms. The lowest BCUT2D eigenvalue weighted by Gasteiger charge is -2.35. The highest BCUT2D eigenvalue weighted by atomic mass is 16.5. The summed E-state index contributed by atoms with van der Waals surface area (Å²) in [6, 6.07) is 7.72. The molecule has 2 unspecified atom stereocenters. The lowest BCUT2D eigenvalue weighted by molar-refractivity contribution is -0.0396. The van der Waals surface area contributed by atoms with Crippen molar-refractivity contribution < 1.29 is 14.2 Å². The van der Waals surface area contributed by atoms with E-state index in [2.05, 4.69) is 11.8 Å². The van der Waals surface area contributed by atoms with Gasteiger partial charge in [0.2, 0.25) is 0 Å². The first-order chi connectivity index (χ1) is 10.3. The molecule has 1 aromatic rings. The lowest BCUT2D eigenvalue weighted by Crippen LogP contribution is -2.46. The summed E-state index contributed by atoms with van der Waals surface area (Å²) in [7, 11) is 1.66. The van der Waals surface area contributed by atoms with Gasteiger partial charge in [0.15, 0.2) is 0 Å². The van der Waals surface area contributed by atoms with E-state index in [1.54, 1.807) is 7.11 Å². The van der Waals surface area contributed by atoms with Gasteiger partial charge in [0.05, 0.1) is 25.4 Å². The SMILES string of the molecule is CCN1CCOC(C(N)c2ccccc2OCCOC)C1. The molecular weight excluding hydrogens is 268 g/mol. The molecule has 2 rings (SSSR count). The fourth-order valence-electron chi connectivity index (χ4n) is 2.56. The number of nitrogens with zero attached hydrogens (tertiary/aromatic N) is 1. The minimum atomic E-state index is -0.182. The Morgan fingerprint density at radius 1 is 1.38 bits per heavy atom. The van der Waals surface area contributed by atoms with Gasteiger partial charge in [0, 0.05) is 25.8 Å². The van der Waals surface area contributed by atoms with Gasteiger partial charge in [-0.3, -0.25) is 4.90 Å². The van der Waals surface area contributed by atoms with Crippen LogP contribution in [0.2, 0.25) is 0 Å². The van der Waals surface area contributed by atoms with Gasteiger partial charge in [-0.25, -0.2) is 0 Å². The van der Waals surface area contributed by atoms with Crippen LogP contribution in [0, 0.1) is 0 Å². The van der Waals surface area contributed by atoms with Gasteiger partial charge < -0.3 is 19.9 Å². The number of morpholine rings is 1. The Labute approximate surface area is 127 Å². The maximum Gasteiger partial charge on any atom is 0.124 e. The summed E-state index contributed by atoms with van der Waals surface area (Å²) in [5, 5.41) is 0. The van der Waals surface area contributed by atoms with Gasteiger partial charge >= 0.3 is 0 Å². The van der Waals surface area contributed by atoms with E-state index in [0.717, 1.165) is 37.6 Å².